The van der Waals surface area contributed by atoms with Gasteiger partial charge in [-0.1, -0.05) is 73.9 Å². The van der Waals surface area contributed by atoms with Crippen LogP contribution in [0.1, 0.15) is 11.1 Å². The molecule has 0 saturated heterocycles. The van der Waals surface area contributed by atoms with Gasteiger partial charge in [-0.15, -0.1) is 0 Å². The van der Waals surface area contributed by atoms with Gasteiger partial charge in [0.2, 0.25) is 0 Å². The van der Waals surface area contributed by atoms with E-state index in [4.69, 9.17) is 0 Å². The van der Waals surface area contributed by atoms with E-state index in [0.717, 1.165) is 6.42 Å². The number of aryl methyl sites for hydroxylation is 2. The summed E-state index contributed by atoms with van der Waals surface area (Å²) >= 11 is 0. The van der Waals surface area contributed by atoms with Crippen molar-refractivity contribution in [2.24, 2.45) is 14.1 Å². The minimum absolute atomic E-state index is 0.985. The Morgan fingerprint density at radius 2 is 1.00 bits per heavy atom. The van der Waals surface area contributed by atoms with E-state index in [1.54, 1.807) is 0 Å². The number of hydrogen-bond acceptors (Lipinski definition) is 0. The monoisotopic (exact) mass is 418 g/mol. The Balaban J connectivity index is 1.85. The largest absolute Gasteiger partial charge is 0.350 e. The summed E-state index contributed by atoms with van der Waals surface area (Å²) in [4.78, 5) is 0. The van der Waals surface area contributed by atoms with Crippen molar-refractivity contribution in [2.75, 3.05) is 0 Å². The van der Waals surface area contributed by atoms with E-state index in [0.29, 0.717) is 0 Å². The highest BCUT2D eigenvalue weighted by Crippen LogP contribution is 2.28. The molecule has 0 fully saturated rings. The fraction of sp³-hybridized carbons (Fsp3) is 0.360. The zero-order chi connectivity index (χ0) is 21.1. The van der Waals surface area contributed by atoms with Crippen molar-refractivity contribution in [1.82, 2.24) is 9.13 Å². The van der Waals surface area contributed by atoms with E-state index in [2.05, 4.69) is 111 Å². The molecular weight excluding hydrogens is 384 g/mol. The molecule has 4 rings (SSSR count). The second-order valence-electron chi connectivity index (χ2n) is 10.7. The first-order valence-corrected chi connectivity index (χ1v) is 17.6. The van der Waals surface area contributed by atoms with Crippen molar-refractivity contribution in [2.45, 2.75) is 45.7 Å². The third-order valence-electron chi connectivity index (χ3n) is 6.26. The second-order valence-corrected chi connectivity index (χ2v) is 20.8. The number of nitrogens with zero attached hydrogens (tertiary/aromatic N) is 2. The average molecular weight is 419 g/mol. The molecule has 0 aliphatic rings. The zero-order valence-electron chi connectivity index (χ0n) is 19.2. The highest BCUT2D eigenvalue weighted by molar-refractivity contribution is 6.89. The Kier molecular flexibility index (Phi) is 4.71. The van der Waals surface area contributed by atoms with Crippen LogP contribution in [0.25, 0.3) is 21.8 Å². The maximum absolute atomic E-state index is 2.47. The van der Waals surface area contributed by atoms with Crippen molar-refractivity contribution >= 4 is 48.3 Å². The van der Waals surface area contributed by atoms with Crippen molar-refractivity contribution in [1.29, 1.82) is 0 Å². The van der Waals surface area contributed by atoms with E-state index in [9.17, 15) is 0 Å². The molecule has 2 aromatic carbocycles. The number of fused-ring (bicyclic) bond motifs is 2. The van der Waals surface area contributed by atoms with Crippen LogP contribution in [0.3, 0.4) is 0 Å². The van der Waals surface area contributed by atoms with Crippen LogP contribution in [0, 0.1) is 0 Å². The molecule has 0 atom stereocenters. The Morgan fingerprint density at radius 1 is 0.621 bits per heavy atom. The van der Waals surface area contributed by atoms with Gasteiger partial charge in [0, 0.05) is 54.7 Å². The molecule has 4 heteroatoms. The lowest BCUT2D eigenvalue weighted by Crippen LogP contribution is -2.37. The van der Waals surface area contributed by atoms with Gasteiger partial charge in [0.05, 0.1) is 16.1 Å². The van der Waals surface area contributed by atoms with Gasteiger partial charge in [-0.3, -0.25) is 0 Å². The van der Waals surface area contributed by atoms with Crippen LogP contribution in [-0.2, 0) is 20.5 Å². The molecule has 0 aliphatic heterocycles. The summed E-state index contributed by atoms with van der Waals surface area (Å²) in [6.07, 6.45) is 5.65. The first-order valence-electron chi connectivity index (χ1n) is 10.6. The summed E-state index contributed by atoms with van der Waals surface area (Å²) in [5.74, 6) is 0. The number of aromatic nitrogens is 2. The first kappa shape index (κ1) is 20.2. The molecule has 2 heterocycles. The van der Waals surface area contributed by atoms with Gasteiger partial charge in [0.1, 0.15) is 0 Å². The molecule has 0 unspecified atom stereocenters. The van der Waals surface area contributed by atoms with Crippen LogP contribution in [0.15, 0.2) is 48.8 Å². The predicted molar refractivity (Wildman–Crippen MR) is 135 cm³/mol. The Labute approximate surface area is 177 Å². The van der Waals surface area contributed by atoms with Crippen LogP contribution in [0.5, 0.6) is 0 Å². The summed E-state index contributed by atoms with van der Waals surface area (Å²) in [6, 6.07) is 14.3. The SMILES string of the molecule is Cn1cc(Cc2cn(C)c3ccc([Si](C)(C)C)cc23)c2cc([Si](C)(C)C)ccc21. The Bertz CT molecular complexity index is 1120. The van der Waals surface area contributed by atoms with Crippen molar-refractivity contribution in [3.8, 4) is 0 Å². The van der Waals surface area contributed by atoms with Gasteiger partial charge in [0.15, 0.2) is 0 Å². The second kappa shape index (κ2) is 6.74. The zero-order valence-corrected chi connectivity index (χ0v) is 21.2. The van der Waals surface area contributed by atoms with Crippen molar-refractivity contribution < 1.29 is 0 Å². The van der Waals surface area contributed by atoms with Gasteiger partial charge in [0.25, 0.3) is 0 Å². The normalized spacial score (nSPS) is 13.0. The number of rotatable bonds is 4. The van der Waals surface area contributed by atoms with Crippen molar-refractivity contribution in [3.05, 3.63) is 59.9 Å². The van der Waals surface area contributed by atoms with Gasteiger partial charge >= 0.3 is 0 Å². The third-order valence-corrected chi connectivity index (χ3v) is 10.3. The lowest BCUT2D eigenvalue weighted by Gasteiger charge is -2.17. The van der Waals surface area contributed by atoms with E-state index in [1.807, 2.05) is 0 Å². The maximum Gasteiger partial charge on any atom is 0.0776 e. The van der Waals surface area contributed by atoms with Crippen LogP contribution in [0.4, 0.5) is 0 Å². The predicted octanol–water partition coefficient (Wildman–Crippen LogP) is 5.35. The Hall–Kier alpha value is -2.05. The summed E-state index contributed by atoms with van der Waals surface area (Å²) in [7, 11) is 1.68. The van der Waals surface area contributed by atoms with Gasteiger partial charge < -0.3 is 9.13 Å². The standard InChI is InChI=1S/C25H34N2Si2/c1-26-16-18(22-14-20(28(3,4)5)9-11-24(22)26)13-19-17-27(2)25-12-10-21(15-23(19)25)29(6,7)8/h9-12,14-17H,13H2,1-8H3. The van der Waals surface area contributed by atoms with Gasteiger partial charge in [-0.2, -0.15) is 0 Å². The molecule has 0 spiro atoms. The molecule has 4 aromatic rings. The molecule has 0 amide bonds. The molecule has 0 bridgehead atoms. The minimum Gasteiger partial charge on any atom is -0.350 e. The topological polar surface area (TPSA) is 9.86 Å². The molecule has 0 radical (unpaired) electrons. The molecule has 2 aromatic heterocycles. The highest BCUT2D eigenvalue weighted by Gasteiger charge is 2.20. The van der Waals surface area contributed by atoms with Crippen LogP contribution >= 0.6 is 0 Å². The maximum atomic E-state index is 2.47. The summed E-state index contributed by atoms with van der Waals surface area (Å²) < 4.78 is 4.58. The summed E-state index contributed by atoms with van der Waals surface area (Å²) in [5.41, 5.74) is 5.55. The van der Waals surface area contributed by atoms with E-state index in [1.165, 1.54) is 43.3 Å². The molecule has 2 nitrogen and oxygen atoms in total. The first-order chi connectivity index (χ1) is 13.4. The lowest BCUT2D eigenvalue weighted by molar-refractivity contribution is 0.948. The minimum atomic E-state index is -1.33. The van der Waals surface area contributed by atoms with Crippen LogP contribution in [-0.4, -0.2) is 25.3 Å². The quantitative estimate of drug-likeness (QED) is 0.395. The molecule has 0 N–H and O–H groups in total. The van der Waals surface area contributed by atoms with Crippen molar-refractivity contribution in [3.63, 3.8) is 0 Å². The molecule has 152 valence electrons. The fourth-order valence-electron chi connectivity index (χ4n) is 4.37. The lowest BCUT2D eigenvalue weighted by atomic mass is 10.0. The highest BCUT2D eigenvalue weighted by atomic mass is 28.3. The van der Waals surface area contributed by atoms with E-state index >= 15 is 0 Å². The number of hydrogen-bond donors (Lipinski definition) is 0. The average Bonchev–Trinajstić information content (AvgIpc) is 3.11. The van der Waals surface area contributed by atoms with Gasteiger partial charge in [-0.05, 0) is 23.3 Å². The third kappa shape index (κ3) is 3.64. The van der Waals surface area contributed by atoms with E-state index < -0.39 is 16.1 Å². The molecule has 29 heavy (non-hydrogen) atoms. The smallest absolute Gasteiger partial charge is 0.0776 e. The fourth-order valence-corrected chi connectivity index (χ4v) is 6.69. The van der Waals surface area contributed by atoms with Crippen LogP contribution < -0.4 is 10.4 Å². The Morgan fingerprint density at radius 3 is 1.34 bits per heavy atom. The summed E-state index contributed by atoms with van der Waals surface area (Å²) in [5, 5.41) is 5.92. The van der Waals surface area contributed by atoms with E-state index in [-0.39, 0.29) is 0 Å². The molecular formula is C25H34N2Si2. The molecule has 0 saturated carbocycles. The summed E-state index contributed by atoms with van der Waals surface area (Å²) in [6.45, 7) is 14.6. The van der Waals surface area contributed by atoms with Gasteiger partial charge in [-0.25, -0.2) is 0 Å². The molecule has 0 aliphatic carbocycles. The number of benzene rings is 2. The van der Waals surface area contributed by atoms with Crippen LogP contribution in [0.2, 0.25) is 39.3 Å².